The van der Waals surface area contributed by atoms with Crippen molar-refractivity contribution in [2.24, 2.45) is 5.73 Å². The number of carbonyl (C=O) groups is 1. The number of rotatable bonds is 2. The maximum absolute atomic E-state index is 10.5. The van der Waals surface area contributed by atoms with E-state index in [4.69, 9.17) is 10.8 Å². The van der Waals surface area contributed by atoms with Crippen LogP contribution in [0.15, 0.2) is 18.2 Å². The molecule has 0 aliphatic carbocycles. The number of phenols is 1. The van der Waals surface area contributed by atoms with Crippen LogP contribution in [0, 0.1) is 6.92 Å². The molecular weight excluding hydrogens is 170 g/mol. The summed E-state index contributed by atoms with van der Waals surface area (Å²) in [6, 6.07) is 3.45. The van der Waals surface area contributed by atoms with Crippen LogP contribution in [0.1, 0.15) is 17.2 Å². The topological polar surface area (TPSA) is 83.5 Å². The Balaban J connectivity index is 3.07. The Labute approximate surface area is 75.6 Å². The first kappa shape index (κ1) is 9.54. The highest BCUT2D eigenvalue weighted by Gasteiger charge is 2.14. The van der Waals surface area contributed by atoms with Crippen molar-refractivity contribution in [3.8, 4) is 5.75 Å². The van der Waals surface area contributed by atoms with Gasteiger partial charge >= 0.3 is 5.97 Å². The van der Waals surface area contributed by atoms with Crippen molar-refractivity contribution in [1.29, 1.82) is 0 Å². The summed E-state index contributed by atoms with van der Waals surface area (Å²) in [5.74, 6) is -1.07. The minimum Gasteiger partial charge on any atom is -0.508 e. The smallest absolute Gasteiger partial charge is 0.325 e. The second kappa shape index (κ2) is 3.45. The number of carboxylic acid groups (broad SMARTS) is 1. The average Bonchev–Trinajstić information content (AvgIpc) is 2.01. The normalized spacial score (nSPS) is 12.5. The SMILES string of the molecule is Cc1cc(O)cc(C(N)C(=O)O)c1. The lowest BCUT2D eigenvalue weighted by Crippen LogP contribution is -2.20. The molecule has 13 heavy (non-hydrogen) atoms. The maximum Gasteiger partial charge on any atom is 0.325 e. The number of nitrogens with two attached hydrogens (primary N) is 1. The van der Waals surface area contributed by atoms with E-state index in [1.165, 1.54) is 12.1 Å². The molecule has 0 aliphatic heterocycles. The second-order valence-corrected chi connectivity index (χ2v) is 2.92. The van der Waals surface area contributed by atoms with Gasteiger partial charge in [0.15, 0.2) is 0 Å². The van der Waals surface area contributed by atoms with Crippen LogP contribution in [0.4, 0.5) is 0 Å². The predicted molar refractivity (Wildman–Crippen MR) is 47.4 cm³/mol. The highest BCUT2D eigenvalue weighted by atomic mass is 16.4. The van der Waals surface area contributed by atoms with Crippen LogP contribution in [-0.2, 0) is 4.79 Å². The molecule has 0 fully saturated rings. The molecule has 0 aliphatic rings. The van der Waals surface area contributed by atoms with E-state index in [-0.39, 0.29) is 5.75 Å². The lowest BCUT2D eigenvalue weighted by atomic mass is 10.0. The fraction of sp³-hybridized carbons (Fsp3) is 0.222. The van der Waals surface area contributed by atoms with Gasteiger partial charge in [0.2, 0.25) is 0 Å². The third kappa shape index (κ3) is 2.19. The van der Waals surface area contributed by atoms with Crippen molar-refractivity contribution in [1.82, 2.24) is 0 Å². The summed E-state index contributed by atoms with van der Waals surface area (Å²) in [5, 5.41) is 17.8. The molecule has 0 bridgehead atoms. The standard InChI is InChI=1S/C9H11NO3/c1-5-2-6(4-7(11)3-5)8(10)9(12)13/h2-4,8,11H,10H2,1H3,(H,12,13). The van der Waals surface area contributed by atoms with Crippen LogP contribution in [0.2, 0.25) is 0 Å². The first-order chi connectivity index (χ1) is 6.00. The highest BCUT2D eigenvalue weighted by molar-refractivity contribution is 5.75. The van der Waals surface area contributed by atoms with Crippen LogP contribution in [0.25, 0.3) is 0 Å². The van der Waals surface area contributed by atoms with Crippen molar-refractivity contribution in [3.05, 3.63) is 29.3 Å². The Morgan fingerprint density at radius 1 is 1.46 bits per heavy atom. The van der Waals surface area contributed by atoms with Gasteiger partial charge in [0.25, 0.3) is 0 Å². The van der Waals surface area contributed by atoms with Crippen LogP contribution >= 0.6 is 0 Å². The van der Waals surface area contributed by atoms with E-state index in [1.54, 1.807) is 13.0 Å². The van der Waals surface area contributed by atoms with Crippen LogP contribution in [0.3, 0.4) is 0 Å². The van der Waals surface area contributed by atoms with Gasteiger partial charge in [-0.1, -0.05) is 6.07 Å². The number of hydrogen-bond donors (Lipinski definition) is 3. The third-order valence-electron chi connectivity index (χ3n) is 1.71. The third-order valence-corrected chi connectivity index (χ3v) is 1.71. The number of carboxylic acids is 1. The summed E-state index contributed by atoms with van der Waals surface area (Å²) in [6.07, 6.45) is 0. The maximum atomic E-state index is 10.5. The Morgan fingerprint density at radius 2 is 2.08 bits per heavy atom. The Hall–Kier alpha value is -1.55. The molecule has 1 aromatic rings. The average molecular weight is 181 g/mol. The van der Waals surface area contributed by atoms with Crippen LogP contribution in [0.5, 0.6) is 5.75 Å². The van der Waals surface area contributed by atoms with Gasteiger partial charge in [-0.05, 0) is 30.2 Å². The van der Waals surface area contributed by atoms with Crippen LogP contribution in [-0.4, -0.2) is 16.2 Å². The quantitative estimate of drug-likeness (QED) is 0.629. The van der Waals surface area contributed by atoms with Crippen molar-refractivity contribution in [3.63, 3.8) is 0 Å². The van der Waals surface area contributed by atoms with Gasteiger partial charge in [-0.2, -0.15) is 0 Å². The largest absolute Gasteiger partial charge is 0.508 e. The fourth-order valence-electron chi connectivity index (χ4n) is 1.11. The van der Waals surface area contributed by atoms with Crippen LogP contribution < -0.4 is 5.73 Å². The molecule has 0 aromatic heterocycles. The van der Waals surface area contributed by atoms with Gasteiger partial charge < -0.3 is 15.9 Å². The molecule has 0 saturated carbocycles. The second-order valence-electron chi connectivity index (χ2n) is 2.92. The molecule has 70 valence electrons. The van der Waals surface area contributed by atoms with Gasteiger partial charge in [0.1, 0.15) is 11.8 Å². The van der Waals surface area contributed by atoms with Gasteiger partial charge in [-0.3, -0.25) is 4.79 Å². The number of hydrogen-bond acceptors (Lipinski definition) is 3. The monoisotopic (exact) mass is 181 g/mol. The molecule has 0 saturated heterocycles. The molecule has 4 N–H and O–H groups in total. The van der Waals surface area contributed by atoms with Gasteiger partial charge in [0, 0.05) is 0 Å². The van der Waals surface area contributed by atoms with E-state index in [1.807, 2.05) is 0 Å². The first-order valence-electron chi connectivity index (χ1n) is 3.79. The van der Waals surface area contributed by atoms with Crippen molar-refractivity contribution < 1.29 is 15.0 Å². The van der Waals surface area contributed by atoms with E-state index in [0.29, 0.717) is 5.56 Å². The molecule has 0 spiro atoms. The molecule has 1 rings (SSSR count). The minimum atomic E-state index is -1.11. The molecule has 4 heteroatoms. The molecule has 4 nitrogen and oxygen atoms in total. The van der Waals surface area contributed by atoms with E-state index in [2.05, 4.69) is 0 Å². The minimum absolute atomic E-state index is 0.0340. The Morgan fingerprint density at radius 3 is 2.54 bits per heavy atom. The fourth-order valence-corrected chi connectivity index (χ4v) is 1.11. The molecule has 1 unspecified atom stereocenters. The summed E-state index contributed by atoms with van der Waals surface area (Å²) in [7, 11) is 0. The van der Waals surface area contributed by atoms with Gasteiger partial charge in [-0.25, -0.2) is 0 Å². The molecule has 1 atom stereocenters. The van der Waals surface area contributed by atoms with Crippen molar-refractivity contribution >= 4 is 5.97 Å². The number of aryl methyl sites for hydroxylation is 1. The zero-order valence-electron chi connectivity index (χ0n) is 7.19. The van der Waals surface area contributed by atoms with E-state index in [0.717, 1.165) is 5.56 Å². The molecule has 0 amide bonds. The first-order valence-corrected chi connectivity index (χ1v) is 3.79. The molecule has 1 aromatic carbocycles. The Kier molecular flexibility index (Phi) is 2.53. The molecule has 0 heterocycles. The van der Waals surface area contributed by atoms with Crippen molar-refractivity contribution in [2.75, 3.05) is 0 Å². The summed E-state index contributed by atoms with van der Waals surface area (Å²) in [5.41, 5.74) is 6.56. The summed E-state index contributed by atoms with van der Waals surface area (Å²) in [4.78, 5) is 10.5. The zero-order chi connectivity index (χ0) is 10.0. The number of aliphatic carboxylic acids is 1. The summed E-state index contributed by atoms with van der Waals surface area (Å²) < 4.78 is 0. The van der Waals surface area contributed by atoms with Gasteiger partial charge in [-0.15, -0.1) is 0 Å². The van der Waals surface area contributed by atoms with Crippen molar-refractivity contribution in [2.45, 2.75) is 13.0 Å². The van der Waals surface area contributed by atoms with E-state index >= 15 is 0 Å². The van der Waals surface area contributed by atoms with E-state index < -0.39 is 12.0 Å². The summed E-state index contributed by atoms with van der Waals surface area (Å²) in [6.45, 7) is 1.76. The van der Waals surface area contributed by atoms with Gasteiger partial charge in [0.05, 0.1) is 0 Å². The number of aromatic hydroxyl groups is 1. The lowest BCUT2D eigenvalue weighted by molar-refractivity contribution is -0.138. The lowest BCUT2D eigenvalue weighted by Gasteiger charge is -2.07. The highest BCUT2D eigenvalue weighted by Crippen LogP contribution is 2.19. The summed E-state index contributed by atoms with van der Waals surface area (Å²) >= 11 is 0. The zero-order valence-corrected chi connectivity index (χ0v) is 7.19. The van der Waals surface area contributed by atoms with E-state index in [9.17, 15) is 9.90 Å². The number of phenolic OH excluding ortho intramolecular Hbond substituents is 1. The predicted octanol–water partition coefficient (Wildman–Crippen LogP) is 0.785. The number of benzene rings is 1. The molecule has 0 radical (unpaired) electrons. The molecular formula is C9H11NO3. The Bertz CT molecular complexity index is 315.